The van der Waals surface area contributed by atoms with Gasteiger partial charge in [-0.25, -0.2) is 10.4 Å². The van der Waals surface area contributed by atoms with Crippen LogP contribution in [0.3, 0.4) is 0 Å². The first-order valence-corrected chi connectivity index (χ1v) is 3.82. The van der Waals surface area contributed by atoms with Gasteiger partial charge in [0.2, 0.25) is 0 Å². The van der Waals surface area contributed by atoms with Crippen molar-refractivity contribution in [3.8, 4) is 0 Å². The van der Waals surface area contributed by atoms with Crippen LogP contribution in [0.5, 0.6) is 0 Å². The Morgan fingerprint density at radius 3 is 2.36 bits per heavy atom. The molecular weight excluding hydrogens is 138 g/mol. The van der Waals surface area contributed by atoms with Crippen LogP contribution in [0.4, 0.5) is 0 Å². The number of nitrogens with one attached hydrogen (secondary N) is 1. The molecule has 0 saturated heterocycles. The van der Waals surface area contributed by atoms with Gasteiger partial charge < -0.3 is 4.90 Å². The van der Waals surface area contributed by atoms with Gasteiger partial charge in [0.05, 0.1) is 12.6 Å². The quantitative estimate of drug-likeness (QED) is 0.613. The van der Waals surface area contributed by atoms with Crippen LogP contribution in [0.1, 0.15) is 20.3 Å². The first kappa shape index (κ1) is 10.3. The zero-order valence-corrected chi connectivity index (χ0v) is 7.81. The zero-order valence-electron chi connectivity index (χ0n) is 7.81. The van der Waals surface area contributed by atoms with Crippen LogP contribution in [0, 0.1) is 5.41 Å². The van der Waals surface area contributed by atoms with Crippen molar-refractivity contribution in [1.29, 1.82) is 5.41 Å². The van der Waals surface area contributed by atoms with E-state index in [1.807, 2.05) is 14.1 Å². The van der Waals surface area contributed by atoms with E-state index in [1.165, 1.54) is 0 Å². The molecule has 3 nitrogen and oxygen atoms in total. The summed E-state index contributed by atoms with van der Waals surface area (Å²) in [5.41, 5.74) is 0.0774. The Morgan fingerprint density at radius 1 is 1.55 bits per heavy atom. The molecule has 3 heteroatoms. The molecule has 1 N–H and O–H groups in total. The van der Waals surface area contributed by atoms with Crippen LogP contribution in [0.2, 0.25) is 0 Å². The number of rotatable bonds is 4. The maximum absolute atomic E-state index is 6.66. The van der Waals surface area contributed by atoms with E-state index in [9.17, 15) is 0 Å². The monoisotopic (exact) mass is 155 g/mol. The van der Waals surface area contributed by atoms with Crippen molar-refractivity contribution in [2.75, 3.05) is 20.6 Å². The summed E-state index contributed by atoms with van der Waals surface area (Å²) >= 11 is 0. The summed E-state index contributed by atoms with van der Waals surface area (Å²) < 4.78 is 0. The molecule has 0 aliphatic rings. The fraction of sp³-hybridized carbons (Fsp3) is 0.875. The standard InChI is InChI=1S/C8H17N3/c1-5-8(2,11(3)4)6-10-7-9/h9H,5-6H2,1-4H3. The second-order valence-corrected chi connectivity index (χ2v) is 3.17. The summed E-state index contributed by atoms with van der Waals surface area (Å²) in [6.07, 6.45) is 1.03. The minimum absolute atomic E-state index is 0.0774. The van der Waals surface area contributed by atoms with Crippen molar-refractivity contribution >= 4 is 6.01 Å². The minimum Gasteiger partial charge on any atom is -0.302 e. The Hall–Kier alpha value is -0.660. The molecule has 0 amide bonds. The summed E-state index contributed by atoms with van der Waals surface area (Å²) in [6.45, 7) is 4.91. The smallest absolute Gasteiger partial charge is 0.0862 e. The van der Waals surface area contributed by atoms with Crippen LogP contribution in [0.25, 0.3) is 0 Å². The third kappa shape index (κ3) is 2.83. The van der Waals surface area contributed by atoms with Gasteiger partial charge >= 0.3 is 0 Å². The van der Waals surface area contributed by atoms with Crippen LogP contribution in [0.15, 0.2) is 4.99 Å². The van der Waals surface area contributed by atoms with Gasteiger partial charge in [-0.15, -0.1) is 0 Å². The molecule has 0 aromatic heterocycles. The van der Waals surface area contributed by atoms with E-state index in [-0.39, 0.29) is 5.54 Å². The van der Waals surface area contributed by atoms with Gasteiger partial charge in [0, 0.05) is 5.54 Å². The molecule has 1 atom stereocenters. The summed E-state index contributed by atoms with van der Waals surface area (Å²) in [7, 11) is 4.06. The van der Waals surface area contributed by atoms with Gasteiger partial charge in [0.1, 0.15) is 0 Å². The van der Waals surface area contributed by atoms with E-state index < -0.39 is 0 Å². The van der Waals surface area contributed by atoms with Crippen LogP contribution in [-0.4, -0.2) is 37.1 Å². The number of nitrogens with zero attached hydrogens (tertiary/aromatic N) is 2. The summed E-state index contributed by atoms with van der Waals surface area (Å²) in [4.78, 5) is 5.94. The Bertz CT molecular complexity index is 159. The highest BCUT2D eigenvalue weighted by Crippen LogP contribution is 2.15. The van der Waals surface area contributed by atoms with Gasteiger partial charge in [-0.3, -0.25) is 0 Å². The Balaban J connectivity index is 4.21. The lowest BCUT2D eigenvalue weighted by Crippen LogP contribution is -2.43. The average Bonchev–Trinajstić information content (AvgIpc) is 2.00. The van der Waals surface area contributed by atoms with Crippen molar-refractivity contribution in [3.63, 3.8) is 0 Å². The van der Waals surface area contributed by atoms with E-state index in [0.717, 1.165) is 6.42 Å². The molecule has 0 saturated carbocycles. The molecule has 1 unspecified atom stereocenters. The van der Waals surface area contributed by atoms with E-state index in [0.29, 0.717) is 6.54 Å². The summed E-state index contributed by atoms with van der Waals surface area (Å²) in [5, 5.41) is 6.66. The Morgan fingerprint density at radius 2 is 2.09 bits per heavy atom. The summed E-state index contributed by atoms with van der Waals surface area (Å²) in [5.74, 6) is 0. The SMILES string of the molecule is CCC(C)(CN=C=N)N(C)C. The molecule has 0 bridgehead atoms. The van der Waals surface area contributed by atoms with Crippen molar-refractivity contribution < 1.29 is 0 Å². The average molecular weight is 155 g/mol. The van der Waals surface area contributed by atoms with E-state index in [4.69, 9.17) is 5.41 Å². The normalized spacial score (nSPS) is 15.7. The third-order valence-corrected chi connectivity index (χ3v) is 2.34. The molecule has 0 rings (SSSR count). The highest BCUT2D eigenvalue weighted by Gasteiger charge is 2.23. The second kappa shape index (κ2) is 4.27. The maximum Gasteiger partial charge on any atom is 0.0862 e. The number of likely N-dealkylation sites (N-methyl/N-ethyl adjacent to an activating group) is 1. The molecule has 0 aromatic rings. The molecule has 0 radical (unpaired) electrons. The third-order valence-electron chi connectivity index (χ3n) is 2.34. The summed E-state index contributed by atoms with van der Waals surface area (Å²) in [6, 6.07) is 2.06. The van der Waals surface area contributed by atoms with Crippen molar-refractivity contribution in [2.24, 2.45) is 4.99 Å². The van der Waals surface area contributed by atoms with Crippen molar-refractivity contribution in [1.82, 2.24) is 4.90 Å². The number of hydrogen-bond acceptors (Lipinski definition) is 3. The van der Waals surface area contributed by atoms with Crippen molar-refractivity contribution in [2.45, 2.75) is 25.8 Å². The van der Waals surface area contributed by atoms with Gasteiger partial charge in [-0.1, -0.05) is 6.92 Å². The Kier molecular flexibility index (Phi) is 4.01. The highest BCUT2D eigenvalue weighted by molar-refractivity contribution is 5.35. The number of hydrogen-bond donors (Lipinski definition) is 1. The lowest BCUT2D eigenvalue weighted by atomic mass is 9.98. The van der Waals surface area contributed by atoms with Crippen LogP contribution in [-0.2, 0) is 0 Å². The van der Waals surface area contributed by atoms with Gasteiger partial charge in [0.25, 0.3) is 0 Å². The number of aliphatic imine (C=N–C) groups is 1. The zero-order chi connectivity index (χ0) is 8.91. The Labute approximate surface area is 68.6 Å². The predicted molar refractivity (Wildman–Crippen MR) is 47.4 cm³/mol. The molecule has 0 fully saturated rings. The lowest BCUT2D eigenvalue weighted by Gasteiger charge is -2.33. The van der Waals surface area contributed by atoms with Gasteiger partial charge in [-0.05, 0) is 27.4 Å². The van der Waals surface area contributed by atoms with E-state index >= 15 is 0 Å². The molecule has 0 aliphatic carbocycles. The largest absolute Gasteiger partial charge is 0.302 e. The first-order valence-electron chi connectivity index (χ1n) is 3.82. The maximum atomic E-state index is 6.66. The van der Waals surface area contributed by atoms with Gasteiger partial charge in [-0.2, -0.15) is 0 Å². The first-order chi connectivity index (χ1) is 5.06. The molecule has 11 heavy (non-hydrogen) atoms. The molecule has 0 aromatic carbocycles. The van der Waals surface area contributed by atoms with E-state index in [1.54, 1.807) is 0 Å². The molecule has 64 valence electrons. The minimum atomic E-state index is 0.0774. The van der Waals surface area contributed by atoms with Crippen LogP contribution < -0.4 is 0 Å². The molecule has 0 spiro atoms. The van der Waals surface area contributed by atoms with Crippen LogP contribution >= 0.6 is 0 Å². The predicted octanol–water partition coefficient (Wildman–Crippen LogP) is 1.47. The lowest BCUT2D eigenvalue weighted by molar-refractivity contribution is 0.176. The molecular formula is C8H17N3. The fourth-order valence-electron chi connectivity index (χ4n) is 0.779. The fourth-order valence-corrected chi connectivity index (χ4v) is 0.779. The second-order valence-electron chi connectivity index (χ2n) is 3.17. The molecule has 0 aliphatic heterocycles. The van der Waals surface area contributed by atoms with E-state index in [2.05, 4.69) is 29.7 Å². The van der Waals surface area contributed by atoms with Crippen molar-refractivity contribution in [3.05, 3.63) is 0 Å². The topological polar surface area (TPSA) is 39.5 Å². The van der Waals surface area contributed by atoms with Gasteiger partial charge in [0.15, 0.2) is 0 Å². The molecule has 0 heterocycles. The highest BCUT2D eigenvalue weighted by atomic mass is 15.2.